The average Bonchev–Trinajstić information content (AvgIpc) is 2.65. The molecule has 1 saturated heterocycles. The summed E-state index contributed by atoms with van der Waals surface area (Å²) in [7, 11) is 0. The number of hydrogen-bond acceptors (Lipinski definition) is 3. The second-order valence-corrected chi connectivity index (χ2v) is 3.74. The molecule has 0 unspecified atom stereocenters. The first-order chi connectivity index (χ1) is 7.06. The molecule has 0 aromatic heterocycles. The van der Waals surface area contributed by atoms with E-state index in [0.717, 1.165) is 0 Å². The number of nitrogens with zero attached hydrogens (tertiary/aromatic N) is 1. The van der Waals surface area contributed by atoms with E-state index in [9.17, 15) is 14.4 Å². The van der Waals surface area contributed by atoms with Crippen molar-refractivity contribution >= 4 is 33.8 Å². The first-order valence-electron chi connectivity index (χ1n) is 4.45. The molecule has 0 aliphatic carbocycles. The van der Waals surface area contributed by atoms with Gasteiger partial charge in [-0.2, -0.15) is 0 Å². The highest BCUT2D eigenvalue weighted by atomic mass is 79.9. The van der Waals surface area contributed by atoms with Gasteiger partial charge in [-0.3, -0.25) is 10.1 Å². The zero-order valence-electron chi connectivity index (χ0n) is 7.90. The molecule has 1 atom stereocenters. The topological polar surface area (TPSA) is 86.7 Å². The van der Waals surface area contributed by atoms with Crippen LogP contribution in [0, 0.1) is 0 Å². The lowest BCUT2D eigenvalue weighted by Crippen LogP contribution is -2.48. The third-order valence-corrected chi connectivity index (χ3v) is 2.68. The van der Waals surface area contributed by atoms with Crippen LogP contribution in [0.1, 0.15) is 12.8 Å². The first kappa shape index (κ1) is 12.0. The molecule has 0 aromatic rings. The summed E-state index contributed by atoms with van der Waals surface area (Å²) >= 11 is 2.90. The number of carboxylic acids is 1. The van der Waals surface area contributed by atoms with Crippen LogP contribution in [-0.4, -0.2) is 45.8 Å². The molecule has 3 amide bonds. The zero-order chi connectivity index (χ0) is 11.4. The van der Waals surface area contributed by atoms with E-state index in [4.69, 9.17) is 5.11 Å². The van der Waals surface area contributed by atoms with Gasteiger partial charge in [0.25, 0.3) is 0 Å². The molecule has 0 saturated carbocycles. The number of hydrogen-bond donors (Lipinski definition) is 2. The third kappa shape index (κ3) is 2.92. The Morgan fingerprint density at radius 2 is 2.13 bits per heavy atom. The number of carbonyl (C=O) groups excluding carboxylic acids is 2. The molecule has 1 rings (SSSR count). The fourth-order valence-electron chi connectivity index (χ4n) is 1.49. The van der Waals surface area contributed by atoms with Crippen LogP contribution in [0.15, 0.2) is 0 Å². The van der Waals surface area contributed by atoms with Crippen molar-refractivity contribution in [3.8, 4) is 0 Å². The molecule has 0 bridgehead atoms. The summed E-state index contributed by atoms with van der Waals surface area (Å²) in [5, 5.41) is 10.9. The second-order valence-electron chi connectivity index (χ2n) is 3.18. The van der Waals surface area contributed by atoms with Gasteiger partial charge < -0.3 is 10.0 Å². The molecule has 84 valence electrons. The van der Waals surface area contributed by atoms with Crippen LogP contribution in [0.25, 0.3) is 0 Å². The number of carboxylic acid groups (broad SMARTS) is 1. The highest BCUT2D eigenvalue weighted by Crippen LogP contribution is 2.17. The van der Waals surface area contributed by atoms with Crippen molar-refractivity contribution < 1.29 is 19.5 Å². The van der Waals surface area contributed by atoms with Gasteiger partial charge >= 0.3 is 12.0 Å². The summed E-state index contributed by atoms with van der Waals surface area (Å²) in [6.45, 7) is 0.373. The van der Waals surface area contributed by atoms with E-state index in [0.29, 0.717) is 19.4 Å². The Labute approximate surface area is 94.7 Å². The quantitative estimate of drug-likeness (QED) is 0.705. The summed E-state index contributed by atoms with van der Waals surface area (Å²) in [4.78, 5) is 34.3. The highest BCUT2D eigenvalue weighted by molar-refractivity contribution is 9.09. The number of urea groups is 1. The number of carbonyl (C=O) groups is 3. The Bertz CT molecular complexity index is 294. The van der Waals surface area contributed by atoms with Gasteiger partial charge in [0.05, 0.1) is 5.33 Å². The normalized spacial score (nSPS) is 20.1. The molecule has 15 heavy (non-hydrogen) atoms. The molecule has 0 aromatic carbocycles. The number of aliphatic carboxylic acids is 1. The van der Waals surface area contributed by atoms with Gasteiger partial charge in [0.2, 0.25) is 5.91 Å². The van der Waals surface area contributed by atoms with Crippen molar-refractivity contribution in [1.29, 1.82) is 0 Å². The maximum atomic E-state index is 11.4. The maximum absolute atomic E-state index is 11.4. The Hall–Kier alpha value is -1.11. The van der Waals surface area contributed by atoms with Crippen LogP contribution in [0.5, 0.6) is 0 Å². The lowest BCUT2D eigenvalue weighted by atomic mass is 10.2. The van der Waals surface area contributed by atoms with Crippen molar-refractivity contribution in [3.63, 3.8) is 0 Å². The average molecular weight is 279 g/mol. The Kier molecular flexibility index (Phi) is 4.07. The van der Waals surface area contributed by atoms with Crippen molar-refractivity contribution in [1.82, 2.24) is 10.2 Å². The number of alkyl halides is 1. The van der Waals surface area contributed by atoms with E-state index in [1.807, 2.05) is 0 Å². The SMILES string of the molecule is O=C(CBr)NC(=O)N1CCC[C@H]1C(=O)O. The van der Waals surface area contributed by atoms with Gasteiger partial charge in [-0.05, 0) is 12.8 Å². The van der Waals surface area contributed by atoms with Crippen molar-refractivity contribution in [3.05, 3.63) is 0 Å². The molecule has 1 fully saturated rings. The van der Waals surface area contributed by atoms with E-state index in [1.165, 1.54) is 4.90 Å². The number of rotatable bonds is 2. The fraction of sp³-hybridized carbons (Fsp3) is 0.625. The summed E-state index contributed by atoms with van der Waals surface area (Å²) in [5.74, 6) is -1.51. The standard InChI is InChI=1S/C8H11BrN2O4/c9-4-6(12)10-8(15)11-3-1-2-5(11)7(13)14/h5H,1-4H2,(H,13,14)(H,10,12,15)/t5-/m0/s1. The fourth-order valence-corrected chi connectivity index (χ4v) is 1.63. The van der Waals surface area contributed by atoms with Crippen LogP contribution in [0.4, 0.5) is 4.79 Å². The molecule has 2 N–H and O–H groups in total. The molecule has 6 nitrogen and oxygen atoms in total. The van der Waals surface area contributed by atoms with Gasteiger partial charge in [0.1, 0.15) is 6.04 Å². The maximum Gasteiger partial charge on any atom is 0.326 e. The molecular weight excluding hydrogens is 268 g/mol. The molecule has 0 radical (unpaired) electrons. The van der Waals surface area contributed by atoms with Crippen molar-refractivity contribution in [2.24, 2.45) is 0 Å². The van der Waals surface area contributed by atoms with Crippen molar-refractivity contribution in [2.75, 3.05) is 11.9 Å². The lowest BCUT2D eigenvalue weighted by Gasteiger charge is -2.20. The number of imide groups is 1. The third-order valence-electron chi connectivity index (χ3n) is 2.17. The lowest BCUT2D eigenvalue weighted by molar-refractivity contribution is -0.141. The predicted molar refractivity (Wildman–Crippen MR) is 54.7 cm³/mol. The van der Waals surface area contributed by atoms with Crippen molar-refractivity contribution in [2.45, 2.75) is 18.9 Å². The molecule has 1 aliphatic rings. The number of likely N-dealkylation sites (tertiary alicyclic amines) is 1. The summed E-state index contributed by atoms with van der Waals surface area (Å²) in [6.07, 6.45) is 1.08. The Morgan fingerprint density at radius 1 is 1.47 bits per heavy atom. The minimum absolute atomic E-state index is 0.0182. The van der Waals surface area contributed by atoms with Crippen LogP contribution in [0.3, 0.4) is 0 Å². The second kappa shape index (κ2) is 5.11. The Morgan fingerprint density at radius 3 is 2.67 bits per heavy atom. The molecule has 0 spiro atoms. The molecule has 1 heterocycles. The molecular formula is C8H11BrN2O4. The predicted octanol–water partition coefficient (Wildman–Crippen LogP) is 0.166. The number of halogens is 1. The number of amides is 3. The van der Waals surface area contributed by atoms with E-state index in [2.05, 4.69) is 21.2 Å². The zero-order valence-corrected chi connectivity index (χ0v) is 9.49. The minimum Gasteiger partial charge on any atom is -0.480 e. The minimum atomic E-state index is -1.03. The Balaban J connectivity index is 2.58. The summed E-state index contributed by atoms with van der Waals surface area (Å²) in [5.41, 5.74) is 0. The van der Waals surface area contributed by atoms with Gasteiger partial charge in [-0.15, -0.1) is 0 Å². The summed E-state index contributed by atoms with van der Waals surface area (Å²) < 4.78 is 0. The van der Waals surface area contributed by atoms with Gasteiger partial charge in [0, 0.05) is 6.54 Å². The van der Waals surface area contributed by atoms with Gasteiger partial charge in [-0.25, -0.2) is 9.59 Å². The molecule has 1 aliphatic heterocycles. The summed E-state index contributed by atoms with van der Waals surface area (Å²) in [6, 6.07) is -1.45. The monoisotopic (exact) mass is 278 g/mol. The van der Waals surface area contributed by atoms with Crippen LogP contribution < -0.4 is 5.32 Å². The number of nitrogens with one attached hydrogen (secondary N) is 1. The van der Waals surface area contributed by atoms with E-state index in [1.54, 1.807) is 0 Å². The van der Waals surface area contributed by atoms with Crippen LogP contribution in [0.2, 0.25) is 0 Å². The first-order valence-corrected chi connectivity index (χ1v) is 5.57. The van der Waals surface area contributed by atoms with E-state index < -0.39 is 23.9 Å². The highest BCUT2D eigenvalue weighted by Gasteiger charge is 2.34. The van der Waals surface area contributed by atoms with Crippen LogP contribution in [-0.2, 0) is 9.59 Å². The van der Waals surface area contributed by atoms with E-state index in [-0.39, 0.29) is 5.33 Å². The van der Waals surface area contributed by atoms with E-state index >= 15 is 0 Å². The van der Waals surface area contributed by atoms with Gasteiger partial charge in [-0.1, -0.05) is 15.9 Å². The van der Waals surface area contributed by atoms with Gasteiger partial charge in [0.15, 0.2) is 0 Å². The van der Waals surface area contributed by atoms with Crippen LogP contribution >= 0.6 is 15.9 Å². The smallest absolute Gasteiger partial charge is 0.326 e. The largest absolute Gasteiger partial charge is 0.480 e. The molecule has 7 heteroatoms.